The van der Waals surface area contributed by atoms with Crippen LogP contribution in [0.25, 0.3) is 16.7 Å². The lowest BCUT2D eigenvalue weighted by Crippen LogP contribution is -2.39. The zero-order chi connectivity index (χ0) is 24.0. The molecule has 1 atom stereocenters. The van der Waals surface area contributed by atoms with Crippen molar-refractivity contribution in [3.8, 4) is 0 Å². The number of aryl methyl sites for hydroxylation is 1. The molecule has 1 amide bonds. The molecule has 0 aliphatic carbocycles. The number of nitrogens with one attached hydrogen (secondary N) is 1. The average Bonchev–Trinajstić information content (AvgIpc) is 3.26. The van der Waals surface area contributed by atoms with Crippen LogP contribution in [0, 0.1) is 18.7 Å². The van der Waals surface area contributed by atoms with E-state index in [4.69, 9.17) is 4.74 Å². The van der Waals surface area contributed by atoms with E-state index < -0.39 is 0 Å². The number of amides is 1. The Morgan fingerprint density at radius 3 is 2.85 bits per heavy atom. The van der Waals surface area contributed by atoms with E-state index in [9.17, 15) is 14.0 Å². The van der Waals surface area contributed by atoms with Crippen molar-refractivity contribution < 1.29 is 13.9 Å². The van der Waals surface area contributed by atoms with Crippen molar-refractivity contribution in [3.05, 3.63) is 75.3 Å². The number of hydrogen-bond acceptors (Lipinski definition) is 4. The zero-order valence-corrected chi connectivity index (χ0v) is 19.4. The van der Waals surface area contributed by atoms with Crippen molar-refractivity contribution in [3.63, 3.8) is 0 Å². The molecule has 1 fully saturated rings. The highest BCUT2D eigenvalue weighted by molar-refractivity contribution is 6.09. The number of rotatable bonds is 3. The van der Waals surface area contributed by atoms with Crippen LogP contribution in [0.5, 0.6) is 0 Å². The first-order valence-electron chi connectivity index (χ1n) is 11.5. The fourth-order valence-corrected chi connectivity index (χ4v) is 5.01. The number of aromatic nitrogens is 2. The standard InChI is InChI=1S/C26H27FN4O3/c1-15-11-23-21(13-20(15)26(33)30-9-8-17-12-19(27)6-7-22(17)30)29-25(32)24(28-3)31(23)16(2)18-5-4-10-34-14-18/h6-7,11-13,18H,2,4-5,8-10,14H2,1,3H3,(H,29,32)/b28-24-. The first-order valence-corrected chi connectivity index (χ1v) is 11.5. The summed E-state index contributed by atoms with van der Waals surface area (Å²) < 4.78 is 21.1. The monoisotopic (exact) mass is 462 g/mol. The number of H-pyrrole nitrogens is 1. The molecule has 1 unspecified atom stereocenters. The maximum atomic E-state index is 13.6. The zero-order valence-electron chi connectivity index (χ0n) is 19.4. The maximum absolute atomic E-state index is 13.6. The molecule has 0 radical (unpaired) electrons. The van der Waals surface area contributed by atoms with Gasteiger partial charge < -0.3 is 14.6 Å². The fraction of sp³-hybridized carbons (Fsp3) is 0.346. The lowest BCUT2D eigenvalue weighted by Gasteiger charge is -2.26. The van der Waals surface area contributed by atoms with Crippen LogP contribution >= 0.6 is 0 Å². The number of benzene rings is 2. The maximum Gasteiger partial charge on any atom is 0.291 e. The smallest absolute Gasteiger partial charge is 0.291 e. The van der Waals surface area contributed by atoms with Gasteiger partial charge in [-0.2, -0.15) is 0 Å². The fourth-order valence-electron chi connectivity index (χ4n) is 5.01. The Kier molecular flexibility index (Phi) is 5.69. The number of fused-ring (bicyclic) bond motifs is 2. The Bertz CT molecular complexity index is 1450. The predicted molar refractivity (Wildman–Crippen MR) is 129 cm³/mol. The predicted octanol–water partition coefficient (Wildman–Crippen LogP) is 3.41. The Morgan fingerprint density at radius 2 is 2.12 bits per heavy atom. The van der Waals surface area contributed by atoms with Crippen LogP contribution in [-0.4, -0.2) is 42.3 Å². The Morgan fingerprint density at radius 1 is 1.29 bits per heavy atom. The number of carbonyl (C=O) groups excluding carboxylic acids is 1. The SMILES string of the molecule is C=C(C1CCCOC1)n1/c(=N\C)c(=O)[nH]c2cc(C(=O)N3CCc4cc(F)ccc43)c(C)cc21. The third-order valence-corrected chi connectivity index (χ3v) is 6.79. The van der Waals surface area contributed by atoms with Crippen LogP contribution in [0.2, 0.25) is 0 Å². The number of hydrogen-bond donors (Lipinski definition) is 1. The topological polar surface area (TPSA) is 79.7 Å². The third-order valence-electron chi connectivity index (χ3n) is 6.79. The van der Waals surface area contributed by atoms with Gasteiger partial charge in [-0.1, -0.05) is 6.58 Å². The molecule has 0 bridgehead atoms. The first-order chi connectivity index (χ1) is 16.4. The molecular weight excluding hydrogens is 435 g/mol. The summed E-state index contributed by atoms with van der Waals surface area (Å²) in [5.74, 6) is -0.411. The molecule has 2 aliphatic rings. The second kappa shape index (κ2) is 8.68. The van der Waals surface area contributed by atoms with E-state index >= 15 is 0 Å². The van der Waals surface area contributed by atoms with E-state index in [0.717, 1.165) is 47.5 Å². The molecule has 0 spiro atoms. The molecule has 1 N–H and O–H groups in total. The molecule has 0 saturated carbocycles. The van der Waals surface area contributed by atoms with Gasteiger partial charge in [0.2, 0.25) is 0 Å². The van der Waals surface area contributed by atoms with Gasteiger partial charge in [-0.05, 0) is 67.6 Å². The van der Waals surface area contributed by atoms with Crippen LogP contribution in [0.15, 0.2) is 46.7 Å². The number of carbonyl (C=O) groups is 1. The summed E-state index contributed by atoms with van der Waals surface area (Å²) >= 11 is 0. The molecule has 7 nitrogen and oxygen atoms in total. The van der Waals surface area contributed by atoms with Gasteiger partial charge in [-0.15, -0.1) is 0 Å². The van der Waals surface area contributed by atoms with E-state index in [1.54, 1.807) is 28.6 Å². The molecule has 3 aromatic rings. The van der Waals surface area contributed by atoms with E-state index in [0.29, 0.717) is 30.7 Å². The largest absolute Gasteiger partial charge is 0.381 e. The number of ether oxygens (including phenoxy) is 1. The summed E-state index contributed by atoms with van der Waals surface area (Å²) in [6.45, 7) is 7.93. The molecule has 1 saturated heterocycles. The summed E-state index contributed by atoms with van der Waals surface area (Å²) in [6, 6.07) is 8.11. The lowest BCUT2D eigenvalue weighted by atomic mass is 9.98. The van der Waals surface area contributed by atoms with Crippen molar-refractivity contribution in [2.75, 3.05) is 31.7 Å². The Labute approximate surface area is 196 Å². The highest BCUT2D eigenvalue weighted by atomic mass is 19.1. The molecule has 2 aliphatic heterocycles. The highest BCUT2D eigenvalue weighted by Gasteiger charge is 2.28. The number of aromatic amines is 1. The van der Waals surface area contributed by atoms with Gasteiger partial charge >= 0.3 is 0 Å². The summed E-state index contributed by atoms with van der Waals surface area (Å²) in [7, 11) is 1.58. The van der Waals surface area contributed by atoms with Crippen LogP contribution < -0.4 is 15.9 Å². The molecular formula is C26H27FN4O3. The number of anilines is 1. The van der Waals surface area contributed by atoms with Gasteiger partial charge in [0.15, 0.2) is 5.49 Å². The minimum atomic E-state index is -0.350. The second-order valence-corrected chi connectivity index (χ2v) is 8.91. The summed E-state index contributed by atoms with van der Waals surface area (Å²) in [6.07, 6.45) is 2.46. The van der Waals surface area contributed by atoms with E-state index in [2.05, 4.69) is 16.6 Å². The van der Waals surface area contributed by atoms with Crippen molar-refractivity contribution in [2.45, 2.75) is 26.2 Å². The summed E-state index contributed by atoms with van der Waals surface area (Å²) in [5.41, 5.74) is 4.72. The van der Waals surface area contributed by atoms with Gasteiger partial charge in [0, 0.05) is 43.1 Å². The van der Waals surface area contributed by atoms with Crippen LogP contribution in [0.4, 0.5) is 10.1 Å². The summed E-state index contributed by atoms with van der Waals surface area (Å²) in [4.78, 5) is 35.2. The second-order valence-electron chi connectivity index (χ2n) is 8.91. The van der Waals surface area contributed by atoms with E-state index in [1.165, 1.54) is 12.1 Å². The molecule has 34 heavy (non-hydrogen) atoms. The molecule has 1 aromatic heterocycles. The number of nitrogens with zero attached hydrogens (tertiary/aromatic N) is 3. The average molecular weight is 463 g/mol. The van der Waals surface area contributed by atoms with E-state index in [-0.39, 0.29) is 28.7 Å². The minimum absolute atomic E-state index is 0.0763. The molecule has 8 heteroatoms. The van der Waals surface area contributed by atoms with Crippen LogP contribution in [0.3, 0.4) is 0 Å². The molecule has 2 aromatic carbocycles. The van der Waals surface area contributed by atoms with Gasteiger partial charge in [-0.25, -0.2) is 4.39 Å². The van der Waals surface area contributed by atoms with Crippen molar-refractivity contribution in [1.29, 1.82) is 0 Å². The minimum Gasteiger partial charge on any atom is -0.381 e. The molecule has 3 heterocycles. The van der Waals surface area contributed by atoms with Crippen molar-refractivity contribution in [1.82, 2.24) is 9.55 Å². The van der Waals surface area contributed by atoms with E-state index in [1.807, 2.05) is 13.0 Å². The number of halogens is 1. The van der Waals surface area contributed by atoms with Crippen molar-refractivity contribution in [2.24, 2.45) is 10.9 Å². The molecule has 5 rings (SSSR count). The Hall–Kier alpha value is -3.52. The summed E-state index contributed by atoms with van der Waals surface area (Å²) in [5, 5.41) is 0. The van der Waals surface area contributed by atoms with Gasteiger partial charge in [-0.3, -0.25) is 19.1 Å². The van der Waals surface area contributed by atoms with Gasteiger partial charge in [0.25, 0.3) is 11.5 Å². The van der Waals surface area contributed by atoms with Gasteiger partial charge in [0.1, 0.15) is 5.82 Å². The lowest BCUT2D eigenvalue weighted by molar-refractivity contribution is 0.0726. The normalized spacial score (nSPS) is 18.4. The molecule has 176 valence electrons. The first kappa shape index (κ1) is 22.3. The van der Waals surface area contributed by atoms with Crippen molar-refractivity contribution >= 4 is 28.3 Å². The third kappa shape index (κ3) is 3.68. The van der Waals surface area contributed by atoms with Gasteiger partial charge in [0.05, 0.1) is 17.6 Å². The highest BCUT2D eigenvalue weighted by Crippen LogP contribution is 2.32. The Balaban J connectivity index is 1.62. The van der Waals surface area contributed by atoms with Crippen LogP contribution in [-0.2, 0) is 11.2 Å². The van der Waals surface area contributed by atoms with Crippen LogP contribution in [0.1, 0.15) is 34.3 Å². The quantitative estimate of drug-likeness (QED) is 0.648.